The zero-order chi connectivity index (χ0) is 11.8. The van der Waals surface area contributed by atoms with Gasteiger partial charge in [0.25, 0.3) is 0 Å². The van der Waals surface area contributed by atoms with Crippen LogP contribution in [0.2, 0.25) is 0 Å². The molecular formula is C13H22N2S. The minimum Gasteiger partial charge on any atom is -0.330 e. The second kappa shape index (κ2) is 7.71. The monoisotopic (exact) mass is 238 g/mol. The average Bonchev–Trinajstić information content (AvgIpc) is 2.29. The number of nitrogens with two attached hydrogens (primary N) is 1. The second-order valence-corrected chi connectivity index (χ2v) is 5.29. The topological polar surface area (TPSA) is 29.3 Å². The molecule has 0 heterocycles. The van der Waals surface area contributed by atoms with E-state index in [1.54, 1.807) is 0 Å². The third kappa shape index (κ3) is 5.01. The molecule has 3 heteroatoms. The summed E-state index contributed by atoms with van der Waals surface area (Å²) in [5, 5.41) is 0. The minimum atomic E-state index is 0.774. The highest BCUT2D eigenvalue weighted by Crippen LogP contribution is 2.18. The summed E-state index contributed by atoms with van der Waals surface area (Å²) in [6.07, 6.45) is 1.07. The van der Waals surface area contributed by atoms with Gasteiger partial charge in [0.05, 0.1) is 0 Å². The molecule has 1 aromatic rings. The molecule has 0 saturated carbocycles. The van der Waals surface area contributed by atoms with E-state index in [1.165, 1.54) is 10.5 Å². The highest BCUT2D eigenvalue weighted by Gasteiger charge is 2.00. The molecule has 0 aliphatic rings. The molecule has 0 amide bonds. The molecule has 0 radical (unpaired) electrons. The number of nitrogens with zero attached hydrogens (tertiary/aromatic N) is 1. The first kappa shape index (κ1) is 13.6. The third-order valence-corrected chi connectivity index (χ3v) is 3.32. The minimum absolute atomic E-state index is 0.774. The first-order valence-corrected chi connectivity index (χ1v) is 6.85. The fourth-order valence-electron chi connectivity index (χ4n) is 1.61. The van der Waals surface area contributed by atoms with E-state index >= 15 is 0 Å². The molecule has 1 rings (SSSR count). The van der Waals surface area contributed by atoms with E-state index in [2.05, 4.69) is 43.1 Å². The van der Waals surface area contributed by atoms with Crippen LogP contribution in [-0.2, 0) is 6.54 Å². The summed E-state index contributed by atoms with van der Waals surface area (Å²) in [5.41, 5.74) is 6.87. The maximum absolute atomic E-state index is 5.49. The highest BCUT2D eigenvalue weighted by atomic mass is 32.2. The smallest absolute Gasteiger partial charge is 0.0230 e. The van der Waals surface area contributed by atoms with E-state index in [9.17, 15) is 0 Å². The zero-order valence-corrected chi connectivity index (χ0v) is 11.1. The van der Waals surface area contributed by atoms with Gasteiger partial charge in [-0.05, 0) is 50.0 Å². The maximum atomic E-state index is 5.49. The van der Waals surface area contributed by atoms with Crippen molar-refractivity contribution in [1.29, 1.82) is 0 Å². The normalized spacial score (nSPS) is 11.0. The van der Waals surface area contributed by atoms with Crippen molar-refractivity contribution in [2.75, 3.05) is 25.9 Å². The Hall–Kier alpha value is -0.510. The Kier molecular flexibility index (Phi) is 6.53. The van der Waals surface area contributed by atoms with Crippen LogP contribution in [0.15, 0.2) is 29.2 Å². The Morgan fingerprint density at radius 1 is 1.25 bits per heavy atom. The van der Waals surface area contributed by atoms with Gasteiger partial charge in [-0.1, -0.05) is 19.1 Å². The van der Waals surface area contributed by atoms with Crippen molar-refractivity contribution in [2.45, 2.75) is 24.8 Å². The average molecular weight is 238 g/mol. The largest absolute Gasteiger partial charge is 0.330 e. The van der Waals surface area contributed by atoms with Crippen LogP contribution >= 0.6 is 11.8 Å². The van der Waals surface area contributed by atoms with Crippen LogP contribution in [-0.4, -0.2) is 30.8 Å². The number of benzene rings is 1. The molecule has 2 N–H and O–H groups in total. The van der Waals surface area contributed by atoms with E-state index in [1.807, 2.05) is 11.8 Å². The van der Waals surface area contributed by atoms with Crippen molar-refractivity contribution in [2.24, 2.45) is 5.73 Å². The maximum Gasteiger partial charge on any atom is 0.0230 e. The number of hydrogen-bond donors (Lipinski definition) is 1. The van der Waals surface area contributed by atoms with E-state index in [-0.39, 0.29) is 0 Å². The van der Waals surface area contributed by atoms with E-state index in [4.69, 9.17) is 5.73 Å². The molecule has 0 spiro atoms. The Balaban J connectivity index is 2.41. The van der Waals surface area contributed by atoms with Crippen molar-refractivity contribution in [3.63, 3.8) is 0 Å². The lowest BCUT2D eigenvalue weighted by Gasteiger charge is -2.16. The molecule has 0 aliphatic heterocycles. The second-order valence-electron chi connectivity index (χ2n) is 3.96. The summed E-state index contributed by atoms with van der Waals surface area (Å²) < 4.78 is 0. The van der Waals surface area contributed by atoms with Gasteiger partial charge < -0.3 is 10.6 Å². The van der Waals surface area contributed by atoms with Crippen molar-refractivity contribution in [1.82, 2.24) is 4.90 Å². The number of rotatable bonds is 7. The van der Waals surface area contributed by atoms with Crippen LogP contribution in [0.5, 0.6) is 0 Å². The number of thioether (sulfide) groups is 1. The summed E-state index contributed by atoms with van der Waals surface area (Å²) in [5.74, 6) is 1.13. The molecule has 0 fully saturated rings. The first-order valence-electron chi connectivity index (χ1n) is 5.86. The lowest BCUT2D eigenvalue weighted by Crippen LogP contribution is -2.21. The van der Waals surface area contributed by atoms with Gasteiger partial charge in [-0.2, -0.15) is 0 Å². The molecule has 0 unspecified atom stereocenters. The fraction of sp³-hybridized carbons (Fsp3) is 0.538. The SMILES string of the molecule is CCSc1ccc(CN(C)CCCN)cc1. The van der Waals surface area contributed by atoms with Gasteiger partial charge in [-0.15, -0.1) is 11.8 Å². The third-order valence-electron chi connectivity index (χ3n) is 2.43. The van der Waals surface area contributed by atoms with Crippen molar-refractivity contribution in [3.05, 3.63) is 29.8 Å². The Bertz CT molecular complexity index is 284. The Morgan fingerprint density at radius 2 is 1.94 bits per heavy atom. The summed E-state index contributed by atoms with van der Waals surface area (Å²) in [7, 11) is 2.14. The summed E-state index contributed by atoms with van der Waals surface area (Å²) in [4.78, 5) is 3.67. The molecule has 2 nitrogen and oxygen atoms in total. The summed E-state index contributed by atoms with van der Waals surface area (Å²) >= 11 is 1.89. The zero-order valence-electron chi connectivity index (χ0n) is 10.3. The lowest BCUT2D eigenvalue weighted by atomic mass is 10.2. The number of hydrogen-bond acceptors (Lipinski definition) is 3. The molecule has 0 atom stereocenters. The van der Waals surface area contributed by atoms with E-state index < -0.39 is 0 Å². The summed E-state index contributed by atoms with van der Waals surface area (Å²) in [6, 6.07) is 8.86. The van der Waals surface area contributed by atoms with E-state index in [0.29, 0.717) is 0 Å². The van der Waals surface area contributed by atoms with Crippen LogP contribution in [0, 0.1) is 0 Å². The molecule has 1 aromatic carbocycles. The highest BCUT2D eigenvalue weighted by molar-refractivity contribution is 7.99. The van der Waals surface area contributed by atoms with Crippen LogP contribution < -0.4 is 5.73 Å². The van der Waals surface area contributed by atoms with Crippen LogP contribution in [0.1, 0.15) is 18.9 Å². The van der Waals surface area contributed by atoms with Crippen LogP contribution in [0.25, 0.3) is 0 Å². The molecule has 0 aromatic heterocycles. The Morgan fingerprint density at radius 3 is 2.50 bits per heavy atom. The van der Waals surface area contributed by atoms with Crippen LogP contribution in [0.4, 0.5) is 0 Å². The van der Waals surface area contributed by atoms with Gasteiger partial charge in [0.2, 0.25) is 0 Å². The quantitative estimate of drug-likeness (QED) is 0.740. The van der Waals surface area contributed by atoms with E-state index in [0.717, 1.165) is 31.8 Å². The molecule has 16 heavy (non-hydrogen) atoms. The van der Waals surface area contributed by atoms with Crippen LogP contribution in [0.3, 0.4) is 0 Å². The van der Waals surface area contributed by atoms with Gasteiger partial charge in [0, 0.05) is 11.4 Å². The van der Waals surface area contributed by atoms with Gasteiger partial charge in [-0.25, -0.2) is 0 Å². The predicted molar refractivity (Wildman–Crippen MR) is 72.8 cm³/mol. The molecule has 0 saturated heterocycles. The molecule has 0 aliphatic carbocycles. The van der Waals surface area contributed by atoms with Crippen molar-refractivity contribution < 1.29 is 0 Å². The predicted octanol–water partition coefficient (Wildman–Crippen LogP) is 2.58. The van der Waals surface area contributed by atoms with Gasteiger partial charge in [0.1, 0.15) is 0 Å². The standard InChI is InChI=1S/C13H22N2S/c1-3-16-13-7-5-12(6-8-13)11-15(2)10-4-9-14/h5-8H,3-4,9-11,14H2,1-2H3. The first-order chi connectivity index (χ1) is 7.76. The molecule has 0 bridgehead atoms. The van der Waals surface area contributed by atoms with Crippen molar-refractivity contribution in [3.8, 4) is 0 Å². The lowest BCUT2D eigenvalue weighted by molar-refractivity contribution is 0.324. The summed E-state index contributed by atoms with van der Waals surface area (Å²) in [6.45, 7) is 5.04. The molecule has 90 valence electrons. The Labute approximate surface area is 103 Å². The molecular weight excluding hydrogens is 216 g/mol. The van der Waals surface area contributed by atoms with Crippen molar-refractivity contribution >= 4 is 11.8 Å². The van der Waals surface area contributed by atoms with Gasteiger partial charge >= 0.3 is 0 Å². The fourth-order valence-corrected chi connectivity index (χ4v) is 2.27. The van der Waals surface area contributed by atoms with Gasteiger partial charge in [0.15, 0.2) is 0 Å². The van der Waals surface area contributed by atoms with Gasteiger partial charge in [-0.3, -0.25) is 0 Å².